The number of hydrogen-bond acceptors (Lipinski definition) is 6. The number of pyridine rings is 1. The number of piperidine rings is 1. The molecule has 0 saturated carbocycles. The smallest absolute Gasteiger partial charge is 0.146 e. The molecule has 0 aliphatic carbocycles. The van der Waals surface area contributed by atoms with Crippen molar-refractivity contribution in [3.8, 4) is 23.3 Å². The van der Waals surface area contributed by atoms with E-state index in [1.54, 1.807) is 18.7 Å². The minimum Gasteiger partial charge on any atom is -0.454 e. The normalized spacial score (nSPS) is 13.8. The van der Waals surface area contributed by atoms with E-state index in [0.717, 1.165) is 48.1 Å². The maximum Gasteiger partial charge on any atom is 0.146 e. The van der Waals surface area contributed by atoms with Gasteiger partial charge in [-0.2, -0.15) is 0 Å². The van der Waals surface area contributed by atoms with Gasteiger partial charge in [-0.1, -0.05) is 23.4 Å². The minimum absolute atomic E-state index is 0.445. The summed E-state index contributed by atoms with van der Waals surface area (Å²) < 4.78 is 5.81. The van der Waals surface area contributed by atoms with E-state index in [-0.39, 0.29) is 0 Å². The number of aromatic nitrogens is 3. The SMILES string of the molecule is Clc1cc(Nc2ncnc3ccc(C#CC4CCNCC4)cc23)ccc1Oc1cccnc1. The molecule has 0 unspecified atom stereocenters. The highest BCUT2D eigenvalue weighted by Gasteiger charge is 2.10. The number of nitrogens with zero attached hydrogens (tertiary/aromatic N) is 3. The molecule has 0 spiro atoms. The molecular weight excluding hydrogens is 434 g/mol. The third-order valence-electron chi connectivity index (χ3n) is 5.45. The van der Waals surface area contributed by atoms with Crippen molar-refractivity contribution in [3.63, 3.8) is 0 Å². The molecule has 4 aromatic rings. The summed E-state index contributed by atoms with van der Waals surface area (Å²) in [6.07, 6.45) is 7.07. The molecule has 2 aromatic carbocycles. The number of halogens is 1. The van der Waals surface area contributed by atoms with Crippen LogP contribution in [-0.4, -0.2) is 28.0 Å². The van der Waals surface area contributed by atoms with Crippen LogP contribution in [0.15, 0.2) is 67.3 Å². The Bertz CT molecular complexity index is 1330. The van der Waals surface area contributed by atoms with Gasteiger partial charge in [0.1, 0.15) is 23.6 Å². The van der Waals surface area contributed by atoms with Crippen LogP contribution in [-0.2, 0) is 0 Å². The third-order valence-corrected chi connectivity index (χ3v) is 5.75. The number of benzene rings is 2. The summed E-state index contributed by atoms with van der Waals surface area (Å²) in [5.41, 5.74) is 2.60. The minimum atomic E-state index is 0.445. The van der Waals surface area contributed by atoms with Crippen LogP contribution in [0, 0.1) is 17.8 Å². The topological polar surface area (TPSA) is 72.0 Å². The van der Waals surface area contributed by atoms with Crippen molar-refractivity contribution in [1.82, 2.24) is 20.3 Å². The van der Waals surface area contributed by atoms with Crippen molar-refractivity contribution < 1.29 is 4.74 Å². The molecule has 1 saturated heterocycles. The van der Waals surface area contributed by atoms with Crippen molar-refractivity contribution >= 4 is 34.0 Å². The Balaban J connectivity index is 1.38. The molecule has 2 N–H and O–H groups in total. The number of fused-ring (bicyclic) bond motifs is 1. The highest BCUT2D eigenvalue weighted by atomic mass is 35.5. The Morgan fingerprint density at radius 3 is 2.79 bits per heavy atom. The Hall–Kier alpha value is -3.66. The number of ether oxygens (including phenoxy) is 1. The van der Waals surface area contributed by atoms with Crippen molar-refractivity contribution in [2.45, 2.75) is 12.8 Å². The maximum atomic E-state index is 6.46. The molecule has 0 radical (unpaired) electrons. The van der Waals surface area contributed by atoms with Gasteiger partial charge in [0.25, 0.3) is 0 Å². The van der Waals surface area contributed by atoms with Crippen LogP contribution >= 0.6 is 11.6 Å². The number of rotatable bonds is 4. The molecule has 33 heavy (non-hydrogen) atoms. The van der Waals surface area contributed by atoms with Crippen LogP contribution in [0.3, 0.4) is 0 Å². The summed E-state index contributed by atoms with van der Waals surface area (Å²) in [5.74, 6) is 9.07. The lowest BCUT2D eigenvalue weighted by Gasteiger charge is -2.17. The lowest BCUT2D eigenvalue weighted by molar-refractivity contribution is 0.447. The molecule has 164 valence electrons. The predicted molar refractivity (Wildman–Crippen MR) is 131 cm³/mol. The lowest BCUT2D eigenvalue weighted by atomic mass is 9.98. The molecule has 0 amide bonds. The molecule has 3 heterocycles. The number of anilines is 2. The summed E-state index contributed by atoms with van der Waals surface area (Å²) >= 11 is 6.46. The first-order chi connectivity index (χ1) is 16.2. The van der Waals surface area contributed by atoms with Crippen LogP contribution in [0.2, 0.25) is 5.02 Å². The molecule has 0 atom stereocenters. The summed E-state index contributed by atoms with van der Waals surface area (Å²) in [7, 11) is 0. The summed E-state index contributed by atoms with van der Waals surface area (Å²) in [4.78, 5) is 12.9. The Kier molecular flexibility index (Phi) is 6.34. The fourth-order valence-electron chi connectivity index (χ4n) is 3.72. The van der Waals surface area contributed by atoms with E-state index < -0.39 is 0 Å². The fraction of sp³-hybridized carbons (Fsp3) is 0.192. The van der Waals surface area contributed by atoms with Crippen LogP contribution in [0.25, 0.3) is 10.9 Å². The van der Waals surface area contributed by atoms with Crippen molar-refractivity contribution in [3.05, 3.63) is 77.8 Å². The molecule has 5 rings (SSSR count). The second-order valence-corrected chi connectivity index (χ2v) is 8.22. The van der Waals surface area contributed by atoms with E-state index in [1.165, 1.54) is 0 Å². The number of hydrogen-bond donors (Lipinski definition) is 2. The first kappa shape index (κ1) is 21.2. The largest absolute Gasteiger partial charge is 0.454 e. The van der Waals surface area contributed by atoms with Gasteiger partial charge in [0.15, 0.2) is 0 Å². The van der Waals surface area contributed by atoms with E-state index in [0.29, 0.717) is 28.3 Å². The second-order valence-electron chi connectivity index (χ2n) is 7.81. The molecule has 1 fully saturated rings. The van der Waals surface area contributed by atoms with Crippen LogP contribution in [0.5, 0.6) is 11.5 Å². The van der Waals surface area contributed by atoms with Crippen molar-refractivity contribution in [2.24, 2.45) is 5.92 Å². The van der Waals surface area contributed by atoms with Gasteiger partial charge in [-0.3, -0.25) is 4.98 Å². The average Bonchev–Trinajstić information content (AvgIpc) is 2.86. The zero-order valence-electron chi connectivity index (χ0n) is 17.9. The van der Waals surface area contributed by atoms with Gasteiger partial charge in [-0.05, 0) is 74.5 Å². The third kappa shape index (κ3) is 5.23. The molecule has 6 nitrogen and oxygen atoms in total. The van der Waals surface area contributed by atoms with E-state index in [2.05, 4.69) is 37.4 Å². The molecule has 2 aromatic heterocycles. The Morgan fingerprint density at radius 1 is 1.06 bits per heavy atom. The van der Waals surface area contributed by atoms with Gasteiger partial charge in [0, 0.05) is 28.8 Å². The van der Waals surface area contributed by atoms with Crippen LogP contribution in [0.1, 0.15) is 18.4 Å². The molecule has 7 heteroatoms. The first-order valence-electron chi connectivity index (χ1n) is 10.9. The van der Waals surface area contributed by atoms with Crippen molar-refractivity contribution in [1.29, 1.82) is 0 Å². The highest BCUT2D eigenvalue weighted by Crippen LogP contribution is 2.33. The highest BCUT2D eigenvalue weighted by molar-refractivity contribution is 6.32. The summed E-state index contributed by atoms with van der Waals surface area (Å²) in [6.45, 7) is 2.07. The van der Waals surface area contributed by atoms with Gasteiger partial charge in [-0.25, -0.2) is 9.97 Å². The van der Waals surface area contributed by atoms with Crippen LogP contribution in [0.4, 0.5) is 11.5 Å². The second kappa shape index (κ2) is 9.86. The zero-order chi connectivity index (χ0) is 22.5. The maximum absolute atomic E-state index is 6.46. The fourth-order valence-corrected chi connectivity index (χ4v) is 3.94. The summed E-state index contributed by atoms with van der Waals surface area (Å²) in [6, 6.07) is 15.2. The van der Waals surface area contributed by atoms with Gasteiger partial charge < -0.3 is 15.4 Å². The van der Waals surface area contributed by atoms with Crippen LogP contribution < -0.4 is 15.4 Å². The predicted octanol–water partition coefficient (Wildman–Crippen LogP) is 5.57. The van der Waals surface area contributed by atoms with E-state index in [9.17, 15) is 0 Å². The molecular formula is C26H22ClN5O. The summed E-state index contributed by atoms with van der Waals surface area (Å²) in [5, 5.41) is 8.11. The van der Waals surface area contributed by atoms with E-state index in [4.69, 9.17) is 16.3 Å². The van der Waals surface area contributed by atoms with Crippen molar-refractivity contribution in [2.75, 3.05) is 18.4 Å². The number of nitrogens with one attached hydrogen (secondary N) is 2. The standard InChI is InChI=1S/C26H22ClN5O/c27-23-15-20(6-8-25(23)33-21-2-1-11-29-16-21)32-26-22-14-19(5-7-24(22)30-17-31-26)4-3-18-9-12-28-13-10-18/h1-2,5-8,11,14-18,28H,9-10,12-13H2,(H,30,31,32). The lowest BCUT2D eigenvalue weighted by Crippen LogP contribution is -2.26. The quantitative estimate of drug-likeness (QED) is 0.392. The van der Waals surface area contributed by atoms with Gasteiger partial charge in [0.2, 0.25) is 0 Å². The van der Waals surface area contributed by atoms with E-state index in [1.807, 2.05) is 48.5 Å². The molecule has 1 aliphatic rings. The van der Waals surface area contributed by atoms with Gasteiger partial charge >= 0.3 is 0 Å². The monoisotopic (exact) mass is 455 g/mol. The molecule has 1 aliphatic heterocycles. The Labute approximate surface area is 197 Å². The average molecular weight is 456 g/mol. The first-order valence-corrected chi connectivity index (χ1v) is 11.2. The molecule has 0 bridgehead atoms. The zero-order valence-corrected chi connectivity index (χ0v) is 18.6. The van der Waals surface area contributed by atoms with E-state index >= 15 is 0 Å². The Morgan fingerprint density at radius 2 is 1.97 bits per heavy atom. The van der Waals surface area contributed by atoms with Gasteiger partial charge in [0.05, 0.1) is 16.7 Å². The van der Waals surface area contributed by atoms with Gasteiger partial charge in [-0.15, -0.1) is 0 Å².